The summed E-state index contributed by atoms with van der Waals surface area (Å²) >= 11 is 0. The van der Waals surface area contributed by atoms with Gasteiger partial charge >= 0.3 is 0 Å². The minimum Gasteiger partial charge on any atom is -0.380 e. The number of rotatable bonds is 6. The van der Waals surface area contributed by atoms with Crippen LogP contribution in [0, 0.1) is 11.3 Å². The summed E-state index contributed by atoms with van der Waals surface area (Å²) in [5, 5.41) is 12.0. The van der Waals surface area contributed by atoms with Crippen LogP contribution < -0.4 is 5.32 Å². The predicted octanol–water partition coefficient (Wildman–Crippen LogP) is 3.10. The summed E-state index contributed by atoms with van der Waals surface area (Å²) in [6.07, 6.45) is 1.67. The molecule has 102 valence electrons. The number of pyridine rings is 1. The Balaban J connectivity index is 1.88. The highest BCUT2D eigenvalue weighted by molar-refractivity contribution is 5.43. The third-order valence-electron chi connectivity index (χ3n) is 2.87. The van der Waals surface area contributed by atoms with Crippen molar-refractivity contribution in [3.8, 4) is 6.07 Å². The first-order valence-electron chi connectivity index (χ1n) is 6.57. The molecule has 1 heterocycles. The lowest BCUT2D eigenvalue weighted by Crippen LogP contribution is -2.00. The number of hydrogen-bond acceptors (Lipinski definition) is 4. The van der Waals surface area contributed by atoms with Crippen LogP contribution >= 0.6 is 0 Å². The summed E-state index contributed by atoms with van der Waals surface area (Å²) in [6.45, 7) is 4.10. The SMILES string of the molecule is CCOCc1ccc(CNc2ccc(C#N)nc2)cc1. The molecule has 1 N–H and O–H groups in total. The standard InChI is InChI=1S/C16H17N3O/c1-2-20-12-14-5-3-13(4-6-14)10-18-16-8-7-15(9-17)19-11-16/h3-8,11,18H,2,10,12H2,1H3. The van der Waals surface area contributed by atoms with Crippen LogP contribution in [0.3, 0.4) is 0 Å². The number of benzene rings is 1. The Labute approximate surface area is 119 Å². The van der Waals surface area contributed by atoms with Crippen molar-refractivity contribution in [2.24, 2.45) is 0 Å². The Hall–Kier alpha value is -2.38. The maximum absolute atomic E-state index is 8.68. The molecule has 4 heteroatoms. The molecule has 0 saturated carbocycles. The van der Waals surface area contributed by atoms with Crippen molar-refractivity contribution in [2.45, 2.75) is 20.1 Å². The van der Waals surface area contributed by atoms with Crippen molar-refractivity contribution in [2.75, 3.05) is 11.9 Å². The Kier molecular flexibility index (Phi) is 5.10. The van der Waals surface area contributed by atoms with E-state index in [0.717, 1.165) is 18.8 Å². The average Bonchev–Trinajstić information content (AvgIpc) is 2.52. The minimum absolute atomic E-state index is 0.427. The van der Waals surface area contributed by atoms with Gasteiger partial charge in [0.15, 0.2) is 0 Å². The lowest BCUT2D eigenvalue weighted by molar-refractivity contribution is 0.134. The summed E-state index contributed by atoms with van der Waals surface area (Å²) in [7, 11) is 0. The quantitative estimate of drug-likeness (QED) is 0.873. The molecule has 1 aromatic heterocycles. The Morgan fingerprint density at radius 1 is 1.15 bits per heavy atom. The second-order valence-corrected chi connectivity index (χ2v) is 4.35. The van der Waals surface area contributed by atoms with Gasteiger partial charge in [-0.25, -0.2) is 4.98 Å². The van der Waals surface area contributed by atoms with Crippen LogP contribution in [0.15, 0.2) is 42.6 Å². The zero-order valence-corrected chi connectivity index (χ0v) is 11.5. The molecule has 20 heavy (non-hydrogen) atoms. The molecule has 0 aliphatic heterocycles. The molecule has 0 atom stereocenters. The predicted molar refractivity (Wildman–Crippen MR) is 78.1 cm³/mol. The van der Waals surface area contributed by atoms with Gasteiger partial charge in [-0.2, -0.15) is 5.26 Å². The van der Waals surface area contributed by atoms with Crippen LogP contribution in [-0.4, -0.2) is 11.6 Å². The van der Waals surface area contributed by atoms with Gasteiger partial charge in [0.1, 0.15) is 11.8 Å². The molecule has 0 unspecified atom stereocenters. The van der Waals surface area contributed by atoms with E-state index in [1.54, 1.807) is 12.3 Å². The zero-order chi connectivity index (χ0) is 14.2. The fourth-order valence-corrected chi connectivity index (χ4v) is 1.74. The van der Waals surface area contributed by atoms with Crippen molar-refractivity contribution < 1.29 is 4.74 Å². The minimum atomic E-state index is 0.427. The van der Waals surface area contributed by atoms with Crippen LogP contribution in [0.2, 0.25) is 0 Å². The molecule has 2 aromatic rings. The van der Waals surface area contributed by atoms with Gasteiger partial charge < -0.3 is 10.1 Å². The third kappa shape index (κ3) is 4.08. The van der Waals surface area contributed by atoms with Crippen molar-refractivity contribution in [3.63, 3.8) is 0 Å². The summed E-state index contributed by atoms with van der Waals surface area (Å²) in [4.78, 5) is 4.02. The molecule has 0 aliphatic carbocycles. The van der Waals surface area contributed by atoms with Gasteiger partial charge in [-0.15, -0.1) is 0 Å². The first kappa shape index (κ1) is 14.0. The molecule has 2 rings (SSSR count). The molecule has 0 amide bonds. The van der Waals surface area contributed by atoms with Gasteiger partial charge in [0, 0.05) is 13.2 Å². The van der Waals surface area contributed by atoms with E-state index in [9.17, 15) is 0 Å². The number of ether oxygens (including phenoxy) is 1. The molecule has 0 spiro atoms. The van der Waals surface area contributed by atoms with Crippen LogP contribution in [0.25, 0.3) is 0 Å². The van der Waals surface area contributed by atoms with E-state index < -0.39 is 0 Å². The second-order valence-electron chi connectivity index (χ2n) is 4.35. The Morgan fingerprint density at radius 3 is 2.50 bits per heavy atom. The maximum atomic E-state index is 8.68. The number of nitrogens with zero attached hydrogens (tertiary/aromatic N) is 2. The summed E-state index contributed by atoms with van der Waals surface area (Å²) in [5.41, 5.74) is 3.70. The normalized spacial score (nSPS) is 10.0. The largest absolute Gasteiger partial charge is 0.380 e. The topological polar surface area (TPSA) is 57.9 Å². The first-order valence-corrected chi connectivity index (χ1v) is 6.57. The number of anilines is 1. The summed E-state index contributed by atoms with van der Waals surface area (Å²) < 4.78 is 5.36. The molecule has 1 aromatic carbocycles. The van der Waals surface area contributed by atoms with Crippen LogP contribution in [0.5, 0.6) is 0 Å². The van der Waals surface area contributed by atoms with E-state index >= 15 is 0 Å². The highest BCUT2D eigenvalue weighted by Crippen LogP contribution is 2.10. The van der Waals surface area contributed by atoms with Crippen LogP contribution in [0.4, 0.5) is 5.69 Å². The Morgan fingerprint density at radius 2 is 1.90 bits per heavy atom. The lowest BCUT2D eigenvalue weighted by atomic mass is 10.1. The van der Waals surface area contributed by atoms with Gasteiger partial charge in [-0.1, -0.05) is 24.3 Å². The van der Waals surface area contributed by atoms with Crippen LogP contribution in [-0.2, 0) is 17.9 Å². The summed E-state index contributed by atoms with van der Waals surface area (Å²) in [5.74, 6) is 0. The monoisotopic (exact) mass is 267 g/mol. The number of hydrogen-bond donors (Lipinski definition) is 1. The number of nitrogens with one attached hydrogen (secondary N) is 1. The molecule has 0 saturated heterocycles. The molecule has 0 radical (unpaired) electrons. The number of nitriles is 1. The molecule has 4 nitrogen and oxygen atoms in total. The third-order valence-corrected chi connectivity index (χ3v) is 2.87. The smallest absolute Gasteiger partial charge is 0.140 e. The molecular formula is C16H17N3O. The summed E-state index contributed by atoms with van der Waals surface area (Å²) in [6, 6.07) is 13.9. The van der Waals surface area contributed by atoms with E-state index in [4.69, 9.17) is 10.00 Å². The zero-order valence-electron chi connectivity index (χ0n) is 11.5. The van der Waals surface area contributed by atoms with Gasteiger partial charge in [-0.05, 0) is 30.2 Å². The fraction of sp³-hybridized carbons (Fsp3) is 0.250. The van der Waals surface area contributed by atoms with Crippen LogP contribution in [0.1, 0.15) is 23.7 Å². The van der Waals surface area contributed by atoms with E-state index in [-0.39, 0.29) is 0 Å². The second kappa shape index (κ2) is 7.27. The maximum Gasteiger partial charge on any atom is 0.140 e. The van der Waals surface area contributed by atoms with Gasteiger partial charge in [0.2, 0.25) is 0 Å². The Bertz CT molecular complexity index is 570. The molecular weight excluding hydrogens is 250 g/mol. The van der Waals surface area contributed by atoms with Crippen molar-refractivity contribution in [1.82, 2.24) is 4.98 Å². The average molecular weight is 267 g/mol. The van der Waals surface area contributed by atoms with Crippen molar-refractivity contribution >= 4 is 5.69 Å². The first-order chi connectivity index (χ1) is 9.81. The highest BCUT2D eigenvalue weighted by Gasteiger charge is 1.97. The highest BCUT2D eigenvalue weighted by atomic mass is 16.5. The van der Waals surface area contributed by atoms with Crippen molar-refractivity contribution in [1.29, 1.82) is 5.26 Å². The van der Waals surface area contributed by atoms with E-state index in [2.05, 4.69) is 34.6 Å². The van der Waals surface area contributed by atoms with Gasteiger partial charge in [-0.3, -0.25) is 0 Å². The van der Waals surface area contributed by atoms with Gasteiger partial charge in [0.05, 0.1) is 18.5 Å². The van der Waals surface area contributed by atoms with Crippen molar-refractivity contribution in [3.05, 3.63) is 59.4 Å². The van der Waals surface area contributed by atoms with E-state index in [0.29, 0.717) is 12.3 Å². The molecule has 0 fully saturated rings. The van der Waals surface area contributed by atoms with E-state index in [1.165, 1.54) is 11.1 Å². The lowest BCUT2D eigenvalue weighted by Gasteiger charge is -2.07. The number of aromatic nitrogens is 1. The molecule has 0 bridgehead atoms. The van der Waals surface area contributed by atoms with Gasteiger partial charge in [0.25, 0.3) is 0 Å². The fourth-order valence-electron chi connectivity index (χ4n) is 1.74. The molecule has 0 aliphatic rings. The van der Waals surface area contributed by atoms with E-state index in [1.807, 2.05) is 19.1 Å².